The van der Waals surface area contributed by atoms with Crippen LogP contribution in [0.3, 0.4) is 0 Å². The Labute approximate surface area is 232 Å². The third kappa shape index (κ3) is 18.1. The van der Waals surface area contributed by atoms with E-state index in [-0.39, 0.29) is 12.6 Å². The van der Waals surface area contributed by atoms with Gasteiger partial charge in [-0.2, -0.15) is 0 Å². The van der Waals surface area contributed by atoms with Gasteiger partial charge in [0.05, 0.1) is 26.4 Å². The quantitative estimate of drug-likeness (QED) is 0.180. The molecule has 0 unspecified atom stereocenters. The summed E-state index contributed by atoms with van der Waals surface area (Å²) in [6, 6.07) is 8.95. The predicted molar refractivity (Wildman–Crippen MR) is 147 cm³/mol. The Morgan fingerprint density at radius 2 is 1.23 bits per heavy atom. The van der Waals surface area contributed by atoms with Gasteiger partial charge in [-0.3, -0.25) is 9.69 Å². The fourth-order valence-corrected chi connectivity index (χ4v) is 3.14. The molecule has 0 radical (unpaired) electrons. The molecule has 0 spiro atoms. The van der Waals surface area contributed by atoms with Crippen LogP contribution in [0.2, 0.25) is 0 Å². The van der Waals surface area contributed by atoms with E-state index < -0.39 is 29.4 Å². The van der Waals surface area contributed by atoms with Gasteiger partial charge in [-0.25, -0.2) is 9.59 Å². The molecule has 0 aromatic heterocycles. The van der Waals surface area contributed by atoms with Crippen LogP contribution in [0, 0.1) is 0 Å². The molecule has 0 saturated heterocycles. The number of nitrogens with zero attached hydrogens (tertiary/aromatic N) is 1. The van der Waals surface area contributed by atoms with Crippen LogP contribution in [0.4, 0.5) is 9.59 Å². The molecule has 39 heavy (non-hydrogen) atoms. The van der Waals surface area contributed by atoms with Gasteiger partial charge in [0.15, 0.2) is 0 Å². The molecule has 0 fully saturated rings. The minimum atomic E-state index is -0.565. The minimum Gasteiger partial charge on any atom is -0.460 e. The Kier molecular flexibility index (Phi) is 15.4. The van der Waals surface area contributed by atoms with Crippen LogP contribution in [0.25, 0.3) is 0 Å². The number of alkyl carbamates (subject to hydrolysis) is 2. The molecule has 222 valence electrons. The van der Waals surface area contributed by atoms with Crippen LogP contribution in [0.15, 0.2) is 30.3 Å². The van der Waals surface area contributed by atoms with E-state index in [0.717, 1.165) is 5.56 Å². The molecule has 0 bridgehead atoms. The lowest BCUT2D eigenvalue weighted by Crippen LogP contribution is -2.44. The summed E-state index contributed by atoms with van der Waals surface area (Å²) >= 11 is 0. The number of hydrogen-bond donors (Lipinski definition) is 2. The lowest BCUT2D eigenvalue weighted by atomic mass is 10.2. The normalized spacial score (nSPS) is 12.5. The first-order chi connectivity index (χ1) is 18.3. The molecule has 1 aromatic rings. The average molecular weight is 554 g/mol. The number of benzene rings is 1. The van der Waals surface area contributed by atoms with Crippen molar-refractivity contribution in [2.75, 3.05) is 52.6 Å². The molecule has 11 heteroatoms. The SMILES string of the molecule is C[C@@H](C(=O)OCc1ccccc1)N(CCOCCNC(=O)OC(C)(C)C)CCOCCNC(=O)OC(C)(C)C. The van der Waals surface area contributed by atoms with Crippen LogP contribution in [0.5, 0.6) is 0 Å². The Morgan fingerprint density at radius 1 is 0.769 bits per heavy atom. The smallest absolute Gasteiger partial charge is 0.407 e. The van der Waals surface area contributed by atoms with Crippen molar-refractivity contribution in [2.45, 2.75) is 72.3 Å². The summed E-state index contributed by atoms with van der Waals surface area (Å²) in [5.74, 6) is -0.350. The van der Waals surface area contributed by atoms with Crippen molar-refractivity contribution in [1.29, 1.82) is 0 Å². The Hall–Kier alpha value is -2.89. The maximum absolute atomic E-state index is 12.7. The molecule has 0 heterocycles. The molecule has 1 atom stereocenters. The summed E-state index contributed by atoms with van der Waals surface area (Å²) in [6.07, 6.45) is -0.998. The van der Waals surface area contributed by atoms with Crippen molar-refractivity contribution in [1.82, 2.24) is 15.5 Å². The highest BCUT2D eigenvalue weighted by Crippen LogP contribution is 2.08. The third-order valence-corrected chi connectivity index (χ3v) is 4.99. The van der Waals surface area contributed by atoms with Crippen LogP contribution >= 0.6 is 0 Å². The molecule has 0 saturated carbocycles. The number of ether oxygens (including phenoxy) is 5. The van der Waals surface area contributed by atoms with Crippen LogP contribution < -0.4 is 10.6 Å². The van der Waals surface area contributed by atoms with Gasteiger partial charge in [0.1, 0.15) is 23.9 Å². The molecule has 2 amide bonds. The van der Waals surface area contributed by atoms with Crippen molar-refractivity contribution in [3.05, 3.63) is 35.9 Å². The van der Waals surface area contributed by atoms with Crippen molar-refractivity contribution in [3.63, 3.8) is 0 Å². The maximum Gasteiger partial charge on any atom is 0.407 e. The van der Waals surface area contributed by atoms with E-state index >= 15 is 0 Å². The Morgan fingerprint density at radius 3 is 1.67 bits per heavy atom. The number of esters is 1. The van der Waals surface area contributed by atoms with E-state index in [2.05, 4.69) is 10.6 Å². The van der Waals surface area contributed by atoms with E-state index in [1.165, 1.54) is 0 Å². The first-order valence-electron chi connectivity index (χ1n) is 13.3. The summed E-state index contributed by atoms with van der Waals surface area (Å²) in [4.78, 5) is 38.1. The van der Waals surface area contributed by atoms with Gasteiger partial charge < -0.3 is 34.3 Å². The van der Waals surface area contributed by atoms with Gasteiger partial charge in [0.2, 0.25) is 0 Å². The second kappa shape index (κ2) is 17.6. The molecule has 1 rings (SSSR count). The Balaban J connectivity index is 2.46. The number of rotatable bonds is 16. The number of amides is 2. The number of carbonyl (C=O) groups excluding carboxylic acids is 3. The number of carbonyl (C=O) groups is 3. The fourth-order valence-electron chi connectivity index (χ4n) is 3.14. The van der Waals surface area contributed by atoms with Crippen molar-refractivity contribution in [2.24, 2.45) is 0 Å². The second-order valence-corrected chi connectivity index (χ2v) is 10.9. The molecule has 11 nitrogen and oxygen atoms in total. The second-order valence-electron chi connectivity index (χ2n) is 10.9. The molecule has 2 N–H and O–H groups in total. The highest BCUT2D eigenvalue weighted by molar-refractivity contribution is 5.75. The number of hydrogen-bond acceptors (Lipinski definition) is 9. The molecule has 0 aliphatic rings. The summed E-state index contributed by atoms with van der Waals surface area (Å²) in [7, 11) is 0. The predicted octanol–water partition coefficient (Wildman–Crippen LogP) is 3.50. The van der Waals surface area contributed by atoms with E-state index in [0.29, 0.717) is 52.6 Å². The van der Waals surface area contributed by atoms with Gasteiger partial charge in [-0.1, -0.05) is 30.3 Å². The molecular formula is C28H47N3O8. The molecular weight excluding hydrogens is 506 g/mol. The lowest BCUT2D eigenvalue weighted by Gasteiger charge is -2.27. The first-order valence-corrected chi connectivity index (χ1v) is 13.3. The highest BCUT2D eigenvalue weighted by Gasteiger charge is 2.23. The molecule has 0 aliphatic carbocycles. The maximum atomic E-state index is 12.7. The van der Waals surface area contributed by atoms with E-state index in [1.807, 2.05) is 35.2 Å². The summed E-state index contributed by atoms with van der Waals surface area (Å²) in [5.41, 5.74) is -0.221. The van der Waals surface area contributed by atoms with Gasteiger partial charge in [-0.15, -0.1) is 0 Å². The monoisotopic (exact) mass is 553 g/mol. The largest absolute Gasteiger partial charge is 0.460 e. The zero-order valence-electron chi connectivity index (χ0n) is 24.5. The number of nitrogens with one attached hydrogen (secondary N) is 2. The van der Waals surface area contributed by atoms with Crippen LogP contribution in [-0.2, 0) is 35.1 Å². The fraction of sp³-hybridized carbons (Fsp3) is 0.679. The van der Waals surface area contributed by atoms with Crippen molar-refractivity contribution in [3.8, 4) is 0 Å². The van der Waals surface area contributed by atoms with Gasteiger partial charge in [0.25, 0.3) is 0 Å². The average Bonchev–Trinajstić information content (AvgIpc) is 2.83. The van der Waals surface area contributed by atoms with Gasteiger partial charge in [-0.05, 0) is 54.0 Å². The summed E-state index contributed by atoms with van der Waals surface area (Å²) in [5, 5.41) is 5.28. The van der Waals surface area contributed by atoms with Gasteiger partial charge in [0, 0.05) is 26.2 Å². The zero-order chi connectivity index (χ0) is 29.3. The van der Waals surface area contributed by atoms with E-state index in [9.17, 15) is 14.4 Å². The Bertz CT molecular complexity index is 813. The summed E-state index contributed by atoms with van der Waals surface area (Å²) in [6.45, 7) is 15.5. The van der Waals surface area contributed by atoms with Gasteiger partial charge >= 0.3 is 18.2 Å². The first kappa shape index (κ1) is 34.1. The third-order valence-electron chi connectivity index (χ3n) is 4.99. The van der Waals surface area contributed by atoms with E-state index in [1.54, 1.807) is 48.5 Å². The standard InChI is InChI=1S/C28H47N3O8/c1-22(24(32)37-21-23-11-9-8-10-12-23)31(15-19-35-17-13-29-25(33)38-27(2,3)4)16-20-36-18-14-30-26(34)39-28(5,6)7/h8-12,22H,13-21H2,1-7H3,(H,29,33)(H,30,34)/t22-/m0/s1. The summed E-state index contributed by atoms with van der Waals surface area (Å²) < 4.78 is 27.2. The molecule has 1 aromatic carbocycles. The van der Waals surface area contributed by atoms with Crippen molar-refractivity contribution < 1.29 is 38.1 Å². The lowest BCUT2D eigenvalue weighted by molar-refractivity contribution is -0.151. The topological polar surface area (TPSA) is 125 Å². The highest BCUT2D eigenvalue weighted by atomic mass is 16.6. The zero-order valence-corrected chi connectivity index (χ0v) is 24.5. The van der Waals surface area contributed by atoms with Crippen LogP contribution in [-0.4, -0.2) is 92.9 Å². The minimum absolute atomic E-state index is 0.192. The van der Waals surface area contributed by atoms with E-state index in [4.69, 9.17) is 23.7 Å². The molecule has 0 aliphatic heterocycles. The van der Waals surface area contributed by atoms with Crippen molar-refractivity contribution >= 4 is 18.2 Å². The van der Waals surface area contributed by atoms with Crippen LogP contribution in [0.1, 0.15) is 54.0 Å².